The Kier molecular flexibility index (Phi) is 15.6. The van der Waals surface area contributed by atoms with Crippen LogP contribution >= 0.6 is 34.8 Å². The lowest BCUT2D eigenvalue weighted by atomic mass is 9.73. The van der Waals surface area contributed by atoms with Crippen LogP contribution in [0.4, 0.5) is 0 Å². The van der Waals surface area contributed by atoms with E-state index in [1.54, 1.807) is 20.8 Å². The summed E-state index contributed by atoms with van der Waals surface area (Å²) in [6, 6.07) is 8.95. The van der Waals surface area contributed by atoms with Crippen molar-refractivity contribution < 1.29 is 33.4 Å². The van der Waals surface area contributed by atoms with Crippen LogP contribution in [0.2, 0.25) is 5.04 Å². The second-order valence-corrected chi connectivity index (χ2v) is 21.6. The molecule has 3 amide bonds. The number of aliphatic hydroxyl groups excluding tert-OH is 1. The SMILES string of the molecule is CC(C)[C@H](NC(=O)[C@](C)(C=Cc1ccc2ccc([C@@H](C)O)cc2c1)C(C)(C)O[SiH2]C(C)(C)C)C(=O)N[C@@H](C)C(=O)N1CCC[C@@H](C(=O)OCC(Cl)(Cl)Cl)N1. The maximum Gasteiger partial charge on any atom is 0.325 e. The zero-order chi connectivity index (χ0) is 40.8. The third-order valence-corrected chi connectivity index (χ3v) is 11.7. The summed E-state index contributed by atoms with van der Waals surface area (Å²) in [6.45, 7) is 18.7. The highest BCUT2D eigenvalue weighted by molar-refractivity contribution is 6.67. The minimum atomic E-state index is -1.77. The van der Waals surface area contributed by atoms with E-state index in [9.17, 15) is 24.3 Å². The van der Waals surface area contributed by atoms with Crippen molar-refractivity contribution in [1.82, 2.24) is 21.1 Å². The molecular weight excluding hydrogens is 771 g/mol. The van der Waals surface area contributed by atoms with E-state index < -0.39 is 79.1 Å². The molecule has 1 aliphatic heterocycles. The van der Waals surface area contributed by atoms with Crippen LogP contribution in [0.25, 0.3) is 16.8 Å². The first-order valence-corrected chi connectivity index (χ1v) is 20.7. The highest BCUT2D eigenvalue weighted by Gasteiger charge is 2.48. The number of nitrogens with zero attached hydrogens (tertiary/aromatic N) is 1. The number of nitrogens with one attached hydrogen (secondary N) is 3. The van der Waals surface area contributed by atoms with Crippen molar-refractivity contribution in [2.45, 2.75) is 121 Å². The zero-order valence-electron chi connectivity index (χ0n) is 33.0. The zero-order valence-corrected chi connectivity index (χ0v) is 36.7. The summed E-state index contributed by atoms with van der Waals surface area (Å²) in [6.07, 6.45) is 4.01. The lowest BCUT2D eigenvalue weighted by Gasteiger charge is -2.43. The van der Waals surface area contributed by atoms with Gasteiger partial charge < -0.3 is 24.9 Å². The number of hydrazine groups is 1. The Hall–Kier alpha value is -2.71. The van der Waals surface area contributed by atoms with Gasteiger partial charge in [-0.2, -0.15) is 0 Å². The van der Waals surface area contributed by atoms with Crippen molar-refractivity contribution in [3.8, 4) is 0 Å². The molecule has 0 spiro atoms. The molecule has 54 heavy (non-hydrogen) atoms. The van der Waals surface area contributed by atoms with Gasteiger partial charge in [-0.3, -0.25) is 24.2 Å². The highest BCUT2D eigenvalue weighted by atomic mass is 35.6. The number of hydrogen-bond acceptors (Lipinski definition) is 8. The highest BCUT2D eigenvalue weighted by Crippen LogP contribution is 2.39. The smallest absolute Gasteiger partial charge is 0.325 e. The molecule has 0 bridgehead atoms. The number of aliphatic hydroxyl groups is 1. The van der Waals surface area contributed by atoms with Crippen LogP contribution in [-0.4, -0.2) is 84.2 Å². The van der Waals surface area contributed by atoms with Crippen LogP contribution in [-0.2, 0) is 28.3 Å². The van der Waals surface area contributed by atoms with E-state index in [-0.39, 0.29) is 11.0 Å². The summed E-state index contributed by atoms with van der Waals surface area (Å²) in [5.74, 6) is -2.43. The number of fused-ring (bicyclic) bond motifs is 1. The van der Waals surface area contributed by atoms with E-state index in [0.717, 1.165) is 21.9 Å². The number of alkyl halides is 3. The molecule has 1 fully saturated rings. The Bertz CT molecular complexity index is 1690. The first-order valence-electron chi connectivity index (χ1n) is 18.3. The molecule has 0 unspecified atom stereocenters. The largest absolute Gasteiger partial charge is 0.460 e. The average molecular weight is 828 g/mol. The number of esters is 1. The first kappa shape index (κ1) is 45.7. The van der Waals surface area contributed by atoms with Crippen molar-refractivity contribution >= 4 is 85.1 Å². The van der Waals surface area contributed by atoms with Crippen molar-refractivity contribution in [3.05, 3.63) is 53.6 Å². The second-order valence-electron chi connectivity index (χ2n) is 16.4. The molecule has 2 aromatic carbocycles. The fourth-order valence-electron chi connectivity index (χ4n) is 5.80. The van der Waals surface area contributed by atoms with Gasteiger partial charge in [-0.25, -0.2) is 5.43 Å². The molecule has 0 aliphatic carbocycles. The van der Waals surface area contributed by atoms with Crippen LogP contribution in [0.3, 0.4) is 0 Å². The number of halogens is 3. The average Bonchev–Trinajstić information content (AvgIpc) is 3.09. The summed E-state index contributed by atoms with van der Waals surface area (Å²) in [5.41, 5.74) is 2.30. The van der Waals surface area contributed by atoms with Crippen LogP contribution in [0.5, 0.6) is 0 Å². The third kappa shape index (κ3) is 12.7. The summed E-state index contributed by atoms with van der Waals surface area (Å²) in [4.78, 5) is 54.3. The molecule has 300 valence electrons. The number of rotatable bonds is 14. The van der Waals surface area contributed by atoms with E-state index in [0.29, 0.717) is 19.4 Å². The molecular formula is C39H57Cl3N4O7Si. The number of benzene rings is 2. The maximum atomic E-state index is 14.5. The Morgan fingerprint density at radius 2 is 1.63 bits per heavy atom. The molecule has 1 aliphatic rings. The van der Waals surface area contributed by atoms with E-state index in [4.69, 9.17) is 44.0 Å². The summed E-state index contributed by atoms with van der Waals surface area (Å²) >= 11 is 17.1. The van der Waals surface area contributed by atoms with Gasteiger partial charge in [-0.15, -0.1) is 0 Å². The Morgan fingerprint density at radius 3 is 2.22 bits per heavy atom. The van der Waals surface area contributed by atoms with Crippen molar-refractivity contribution in [2.24, 2.45) is 11.3 Å². The lowest BCUT2D eigenvalue weighted by Crippen LogP contribution is -2.62. The standard InChI is InChI=1S/C39H57Cl3N4O7Si/c1-23(2)31(32(48)43-24(3)33(49)46-19-11-12-30(45-46)34(50)52-22-39(40,41)42)44-35(51)38(10,37(8,9)53-54-36(5,6)7)18-17-26-13-14-27-15-16-28(25(4)47)21-29(27)20-26/h13-18,20-21,23-25,30-31,45,47H,11-12,19,22,54H2,1-10H3,(H,43,48)(H,44,51)/t24-,25+,30-,31-,38-/m0/s1. The van der Waals surface area contributed by atoms with Crippen LogP contribution < -0.4 is 16.1 Å². The van der Waals surface area contributed by atoms with E-state index in [1.807, 2.05) is 76.2 Å². The molecule has 1 saturated heterocycles. The number of hydrogen-bond donors (Lipinski definition) is 4. The van der Waals surface area contributed by atoms with Gasteiger partial charge in [0.15, 0.2) is 9.76 Å². The minimum absolute atomic E-state index is 0.0463. The van der Waals surface area contributed by atoms with Gasteiger partial charge >= 0.3 is 5.97 Å². The van der Waals surface area contributed by atoms with Gasteiger partial charge in [0.2, 0.25) is 15.6 Å². The first-order chi connectivity index (χ1) is 24.8. The van der Waals surface area contributed by atoms with Gasteiger partial charge in [0, 0.05) is 6.54 Å². The number of amides is 3. The van der Waals surface area contributed by atoms with Crippen LogP contribution in [0.1, 0.15) is 99.3 Å². The van der Waals surface area contributed by atoms with E-state index in [2.05, 4.69) is 36.8 Å². The van der Waals surface area contributed by atoms with E-state index in [1.165, 1.54) is 5.01 Å². The molecule has 11 nitrogen and oxygen atoms in total. The summed E-state index contributed by atoms with van der Waals surface area (Å²) in [5, 5.41) is 19.1. The Balaban J connectivity index is 1.83. The lowest BCUT2D eigenvalue weighted by molar-refractivity contribution is -0.152. The third-order valence-electron chi connectivity index (χ3n) is 9.65. The Morgan fingerprint density at radius 1 is 0.981 bits per heavy atom. The van der Waals surface area contributed by atoms with Gasteiger partial charge in [-0.1, -0.05) is 106 Å². The molecule has 0 aromatic heterocycles. The number of ether oxygens (including phenoxy) is 1. The maximum absolute atomic E-state index is 14.5. The van der Waals surface area contributed by atoms with Gasteiger partial charge in [0.25, 0.3) is 5.91 Å². The molecule has 15 heteroatoms. The predicted molar refractivity (Wildman–Crippen MR) is 219 cm³/mol. The summed E-state index contributed by atoms with van der Waals surface area (Å²) < 4.78 is 9.91. The quantitative estimate of drug-likeness (QED) is 0.102. The number of carbonyl (C=O) groups is 4. The predicted octanol–water partition coefficient (Wildman–Crippen LogP) is 6.06. The molecule has 0 saturated carbocycles. The van der Waals surface area contributed by atoms with Gasteiger partial charge in [-0.05, 0) is 92.4 Å². The van der Waals surface area contributed by atoms with Crippen LogP contribution in [0, 0.1) is 11.3 Å². The molecule has 5 atom stereocenters. The van der Waals surface area contributed by atoms with Gasteiger partial charge in [0.05, 0.1) is 17.1 Å². The molecule has 2 aromatic rings. The van der Waals surface area contributed by atoms with E-state index >= 15 is 0 Å². The molecule has 3 rings (SSSR count). The molecule has 0 radical (unpaired) electrons. The van der Waals surface area contributed by atoms with Crippen LogP contribution in [0.15, 0.2) is 42.5 Å². The number of carbonyl (C=O) groups excluding carboxylic acids is 4. The van der Waals surface area contributed by atoms with Crippen molar-refractivity contribution in [3.63, 3.8) is 0 Å². The normalized spacial score (nSPS) is 18.8. The topological polar surface area (TPSA) is 146 Å². The fraction of sp³-hybridized carbons (Fsp3) is 0.590. The van der Waals surface area contributed by atoms with Crippen molar-refractivity contribution in [2.75, 3.05) is 13.2 Å². The molecule has 4 N–H and O–H groups in total. The van der Waals surface area contributed by atoms with Crippen molar-refractivity contribution in [1.29, 1.82) is 0 Å². The monoisotopic (exact) mass is 826 g/mol. The second kappa shape index (κ2) is 18.5. The Labute approximate surface area is 337 Å². The minimum Gasteiger partial charge on any atom is -0.460 e. The van der Waals surface area contributed by atoms with Gasteiger partial charge in [0.1, 0.15) is 24.7 Å². The molecule has 1 heterocycles. The summed E-state index contributed by atoms with van der Waals surface area (Å²) in [7, 11) is -1.11. The fourth-order valence-corrected chi connectivity index (χ4v) is 7.06.